The molecule has 0 spiro atoms. The highest BCUT2D eigenvalue weighted by atomic mass is 127. The highest BCUT2D eigenvalue weighted by Crippen LogP contribution is 2.29. The Kier molecular flexibility index (Phi) is 8.53. The summed E-state index contributed by atoms with van der Waals surface area (Å²) in [6, 6.07) is 3.91. The van der Waals surface area contributed by atoms with Crippen LogP contribution in [0, 0.1) is 0 Å². The maximum Gasteiger partial charge on any atom is 0.434 e. The Morgan fingerprint density at radius 1 is 1.25 bits per heavy atom. The minimum absolute atomic E-state index is 0. The van der Waals surface area contributed by atoms with E-state index in [9.17, 15) is 13.2 Å². The molecular formula is C14H19F3IN5S. The normalized spacial score (nSPS) is 11.9. The molecule has 2 aromatic rings. The van der Waals surface area contributed by atoms with E-state index in [1.165, 1.54) is 0 Å². The molecule has 2 heterocycles. The van der Waals surface area contributed by atoms with E-state index in [-0.39, 0.29) is 24.0 Å². The Hall–Kier alpha value is -1.30. The summed E-state index contributed by atoms with van der Waals surface area (Å²) < 4.78 is 39.4. The van der Waals surface area contributed by atoms with Crippen molar-refractivity contribution in [1.29, 1.82) is 0 Å². The first-order chi connectivity index (χ1) is 11.0. The minimum Gasteiger partial charge on any atom is -0.356 e. The molecule has 5 nitrogen and oxygen atoms in total. The fraction of sp³-hybridized carbons (Fsp3) is 0.429. The van der Waals surface area contributed by atoms with Crippen LogP contribution in [0.4, 0.5) is 13.2 Å². The number of hydrogen-bond acceptors (Lipinski definition) is 3. The minimum atomic E-state index is -4.38. The number of alkyl halides is 3. The van der Waals surface area contributed by atoms with Gasteiger partial charge in [-0.1, -0.05) is 0 Å². The lowest BCUT2D eigenvalue weighted by atomic mass is 10.4. The van der Waals surface area contributed by atoms with E-state index in [0.717, 1.165) is 23.3 Å². The molecular weight excluding hydrogens is 454 g/mol. The maximum absolute atomic E-state index is 12.5. The predicted molar refractivity (Wildman–Crippen MR) is 100 cm³/mol. The van der Waals surface area contributed by atoms with Crippen molar-refractivity contribution in [3.05, 3.63) is 40.6 Å². The molecule has 0 atom stereocenters. The van der Waals surface area contributed by atoms with E-state index in [0.29, 0.717) is 30.5 Å². The molecule has 0 fully saturated rings. The Morgan fingerprint density at radius 2 is 1.92 bits per heavy atom. The van der Waals surface area contributed by atoms with Crippen molar-refractivity contribution >= 4 is 41.3 Å². The van der Waals surface area contributed by atoms with Gasteiger partial charge >= 0.3 is 6.18 Å². The fourth-order valence-electron chi connectivity index (χ4n) is 1.89. The largest absolute Gasteiger partial charge is 0.434 e. The molecule has 24 heavy (non-hydrogen) atoms. The summed E-state index contributed by atoms with van der Waals surface area (Å²) in [7, 11) is 1.65. The Balaban J connectivity index is 0.00000288. The van der Waals surface area contributed by atoms with E-state index < -0.39 is 11.9 Å². The number of nitrogens with one attached hydrogen (secondary N) is 2. The zero-order chi connectivity index (χ0) is 16.7. The summed E-state index contributed by atoms with van der Waals surface area (Å²) in [4.78, 5) is 7.66. The van der Waals surface area contributed by atoms with Gasteiger partial charge in [0.2, 0.25) is 0 Å². The van der Waals surface area contributed by atoms with Crippen LogP contribution < -0.4 is 10.6 Å². The van der Waals surface area contributed by atoms with Gasteiger partial charge in [-0.05, 0) is 12.1 Å². The topological polar surface area (TPSA) is 54.2 Å². The van der Waals surface area contributed by atoms with E-state index in [2.05, 4.69) is 20.6 Å². The SMILES string of the molecule is CN=C(NCCc1nc(C(F)(F)F)cs1)NCCn1cccc1.I. The van der Waals surface area contributed by atoms with Crippen molar-refractivity contribution in [2.45, 2.75) is 19.1 Å². The number of aliphatic imine (C=N–C) groups is 1. The van der Waals surface area contributed by atoms with Gasteiger partial charge in [0.25, 0.3) is 0 Å². The van der Waals surface area contributed by atoms with Gasteiger partial charge in [0.05, 0.1) is 5.01 Å². The van der Waals surface area contributed by atoms with Gasteiger partial charge in [-0.2, -0.15) is 13.2 Å². The van der Waals surface area contributed by atoms with Crippen LogP contribution in [0.1, 0.15) is 10.7 Å². The lowest BCUT2D eigenvalue weighted by Crippen LogP contribution is -2.39. The van der Waals surface area contributed by atoms with Gasteiger partial charge in [-0.3, -0.25) is 4.99 Å². The van der Waals surface area contributed by atoms with Gasteiger partial charge in [0.1, 0.15) is 0 Å². The van der Waals surface area contributed by atoms with Gasteiger partial charge in [0.15, 0.2) is 11.7 Å². The molecule has 0 bridgehead atoms. The van der Waals surface area contributed by atoms with E-state index >= 15 is 0 Å². The molecule has 0 amide bonds. The van der Waals surface area contributed by atoms with Crippen molar-refractivity contribution in [2.24, 2.45) is 4.99 Å². The molecule has 0 radical (unpaired) electrons. The smallest absolute Gasteiger partial charge is 0.356 e. The molecule has 0 aliphatic heterocycles. The first-order valence-corrected chi connectivity index (χ1v) is 7.94. The summed E-state index contributed by atoms with van der Waals surface area (Å²) in [5.41, 5.74) is -0.827. The lowest BCUT2D eigenvalue weighted by Gasteiger charge is -2.11. The number of nitrogens with zero attached hydrogens (tertiary/aromatic N) is 3. The Labute approximate surface area is 159 Å². The van der Waals surface area contributed by atoms with E-state index in [4.69, 9.17) is 0 Å². The Bertz CT molecular complexity index is 625. The number of rotatable bonds is 6. The first-order valence-electron chi connectivity index (χ1n) is 7.06. The summed E-state index contributed by atoms with van der Waals surface area (Å²) in [5.74, 6) is 0.616. The molecule has 2 aromatic heterocycles. The van der Waals surface area contributed by atoms with Gasteiger partial charge in [0, 0.05) is 50.9 Å². The van der Waals surface area contributed by atoms with Crippen molar-refractivity contribution in [2.75, 3.05) is 20.1 Å². The monoisotopic (exact) mass is 473 g/mol. The van der Waals surface area contributed by atoms with Crippen LogP contribution in [0.2, 0.25) is 0 Å². The second-order valence-corrected chi connectivity index (χ2v) is 5.66. The van der Waals surface area contributed by atoms with E-state index in [1.807, 2.05) is 29.1 Å². The summed E-state index contributed by atoms with van der Waals surface area (Å²) >= 11 is 1.02. The average molecular weight is 473 g/mol. The second kappa shape index (κ2) is 9.87. The number of hydrogen-bond donors (Lipinski definition) is 2. The third-order valence-corrected chi connectivity index (χ3v) is 3.93. The molecule has 10 heteroatoms. The number of thiazole rings is 1. The quantitative estimate of drug-likeness (QED) is 0.386. The van der Waals surface area contributed by atoms with Gasteiger partial charge in [-0.15, -0.1) is 35.3 Å². The highest BCUT2D eigenvalue weighted by Gasteiger charge is 2.33. The van der Waals surface area contributed by atoms with Crippen LogP contribution in [-0.4, -0.2) is 35.6 Å². The van der Waals surface area contributed by atoms with Crippen molar-refractivity contribution in [3.8, 4) is 0 Å². The fourth-order valence-corrected chi connectivity index (χ4v) is 2.69. The molecule has 2 rings (SSSR count). The second-order valence-electron chi connectivity index (χ2n) is 4.72. The number of aromatic nitrogens is 2. The third kappa shape index (κ3) is 6.67. The molecule has 0 aliphatic rings. The molecule has 0 saturated heterocycles. The van der Waals surface area contributed by atoms with E-state index in [1.54, 1.807) is 7.05 Å². The molecule has 134 valence electrons. The third-order valence-electron chi connectivity index (χ3n) is 3.03. The highest BCUT2D eigenvalue weighted by molar-refractivity contribution is 14.0. The van der Waals surface area contributed by atoms with Crippen LogP contribution in [-0.2, 0) is 19.1 Å². The summed E-state index contributed by atoms with van der Waals surface area (Å²) in [5, 5.41) is 7.70. The number of halogens is 4. The zero-order valence-electron chi connectivity index (χ0n) is 13.0. The molecule has 2 N–H and O–H groups in total. The lowest BCUT2D eigenvalue weighted by molar-refractivity contribution is -0.140. The van der Waals surface area contributed by atoms with Gasteiger partial charge in [-0.25, -0.2) is 4.98 Å². The van der Waals surface area contributed by atoms with Crippen LogP contribution in [0.25, 0.3) is 0 Å². The van der Waals surface area contributed by atoms with Crippen LogP contribution in [0.15, 0.2) is 34.9 Å². The molecule has 0 saturated carbocycles. The van der Waals surface area contributed by atoms with Crippen LogP contribution in [0.5, 0.6) is 0 Å². The number of guanidine groups is 1. The molecule has 0 unspecified atom stereocenters. The average Bonchev–Trinajstić information content (AvgIpc) is 3.16. The standard InChI is InChI=1S/C14H18F3N5S.HI/c1-18-13(20-6-9-22-7-2-3-8-22)19-5-4-12-21-11(10-23-12)14(15,16)17;/h2-3,7-8,10H,4-6,9H2,1H3,(H2,18,19,20);1H. The first kappa shape index (κ1) is 20.7. The Morgan fingerprint density at radius 3 is 2.50 bits per heavy atom. The van der Waals surface area contributed by atoms with Crippen molar-refractivity contribution in [3.63, 3.8) is 0 Å². The summed E-state index contributed by atoms with van der Waals surface area (Å²) in [6.45, 7) is 1.97. The van der Waals surface area contributed by atoms with Crippen LogP contribution >= 0.6 is 35.3 Å². The van der Waals surface area contributed by atoms with Crippen molar-refractivity contribution < 1.29 is 13.2 Å². The summed E-state index contributed by atoms with van der Waals surface area (Å²) in [6.07, 6.45) is -0.0194. The predicted octanol–water partition coefficient (Wildman–Crippen LogP) is 2.99. The molecule has 0 aromatic carbocycles. The maximum atomic E-state index is 12.5. The van der Waals surface area contributed by atoms with Gasteiger partial charge < -0.3 is 15.2 Å². The van der Waals surface area contributed by atoms with Crippen LogP contribution in [0.3, 0.4) is 0 Å². The zero-order valence-corrected chi connectivity index (χ0v) is 16.2. The molecule has 0 aliphatic carbocycles. The van der Waals surface area contributed by atoms with Crippen molar-refractivity contribution in [1.82, 2.24) is 20.2 Å².